The minimum atomic E-state index is -2.85. The van der Waals surface area contributed by atoms with Crippen LogP contribution in [-0.2, 0) is 11.2 Å². The van der Waals surface area contributed by atoms with Crippen LogP contribution in [0.3, 0.4) is 0 Å². The Morgan fingerprint density at radius 3 is 2.67 bits per heavy atom. The lowest BCUT2D eigenvalue weighted by Crippen LogP contribution is -2.19. The first-order chi connectivity index (χ1) is 6.91. The van der Waals surface area contributed by atoms with Crippen LogP contribution in [0.25, 0.3) is 0 Å². The van der Waals surface area contributed by atoms with Gasteiger partial charge in [-0.1, -0.05) is 0 Å². The van der Waals surface area contributed by atoms with Gasteiger partial charge in [0.1, 0.15) is 5.82 Å². The molecule has 0 saturated carbocycles. The van der Waals surface area contributed by atoms with Gasteiger partial charge in [-0.25, -0.2) is 8.78 Å². The summed E-state index contributed by atoms with van der Waals surface area (Å²) >= 11 is 0. The van der Waals surface area contributed by atoms with Crippen LogP contribution in [0.1, 0.15) is 17.6 Å². The number of H-pyrrole nitrogens is 1. The maximum absolute atomic E-state index is 12.3. The summed E-state index contributed by atoms with van der Waals surface area (Å²) in [4.78, 5) is 23.4. The van der Waals surface area contributed by atoms with Gasteiger partial charge in [-0.3, -0.25) is 9.59 Å². The monoisotopic (exact) mass is 218 g/mol. The average Bonchev–Trinajstić information content (AvgIpc) is 2.08. The highest BCUT2D eigenvalue weighted by atomic mass is 19.3. The molecule has 4 N–H and O–H groups in total. The van der Waals surface area contributed by atoms with Crippen LogP contribution >= 0.6 is 0 Å². The Labute approximate surface area is 82.5 Å². The molecule has 7 heteroatoms. The summed E-state index contributed by atoms with van der Waals surface area (Å²) in [7, 11) is 0. The van der Waals surface area contributed by atoms with E-state index in [9.17, 15) is 18.4 Å². The maximum atomic E-state index is 12.3. The number of nitrogens with one attached hydrogen (secondary N) is 1. The number of anilines is 1. The summed E-state index contributed by atoms with van der Waals surface area (Å²) in [5.41, 5.74) is 3.57. The van der Waals surface area contributed by atoms with Crippen LogP contribution in [0.4, 0.5) is 14.6 Å². The van der Waals surface area contributed by atoms with Crippen molar-refractivity contribution >= 4 is 11.8 Å². The Hall–Kier alpha value is -1.92. The first kappa shape index (κ1) is 11.2. The highest BCUT2D eigenvalue weighted by Gasteiger charge is 2.15. The SMILES string of the molecule is Nc1[nH]c(=O)c(CC(=O)O)cc1C(F)F. The van der Waals surface area contributed by atoms with Gasteiger partial charge in [-0.05, 0) is 6.07 Å². The van der Waals surface area contributed by atoms with Gasteiger partial charge in [0.2, 0.25) is 0 Å². The summed E-state index contributed by atoms with van der Waals surface area (Å²) in [6.07, 6.45) is -3.47. The Morgan fingerprint density at radius 1 is 1.60 bits per heavy atom. The van der Waals surface area contributed by atoms with Gasteiger partial charge < -0.3 is 15.8 Å². The summed E-state index contributed by atoms with van der Waals surface area (Å²) in [5, 5.41) is 8.42. The molecule has 0 aliphatic heterocycles. The largest absolute Gasteiger partial charge is 0.481 e. The number of rotatable bonds is 3. The lowest BCUT2D eigenvalue weighted by Gasteiger charge is -2.05. The highest BCUT2D eigenvalue weighted by molar-refractivity contribution is 5.70. The van der Waals surface area contributed by atoms with Crippen LogP contribution in [0.5, 0.6) is 0 Å². The molecule has 0 fully saturated rings. The summed E-state index contributed by atoms with van der Waals surface area (Å²) in [5.74, 6) is -1.71. The zero-order valence-corrected chi connectivity index (χ0v) is 7.46. The van der Waals surface area contributed by atoms with E-state index < -0.39 is 35.8 Å². The summed E-state index contributed by atoms with van der Waals surface area (Å²) in [6.45, 7) is 0. The molecular formula is C8H8F2N2O3. The molecule has 0 atom stereocenters. The van der Waals surface area contributed by atoms with Gasteiger partial charge in [0.05, 0.1) is 12.0 Å². The van der Waals surface area contributed by atoms with Crippen molar-refractivity contribution in [2.75, 3.05) is 5.73 Å². The van der Waals surface area contributed by atoms with Gasteiger partial charge in [-0.2, -0.15) is 0 Å². The molecule has 0 aliphatic carbocycles. The third kappa shape index (κ3) is 2.52. The van der Waals surface area contributed by atoms with Gasteiger partial charge in [-0.15, -0.1) is 0 Å². The number of alkyl halides is 2. The molecule has 0 radical (unpaired) electrons. The highest BCUT2D eigenvalue weighted by Crippen LogP contribution is 2.22. The van der Waals surface area contributed by atoms with Crippen molar-refractivity contribution in [3.63, 3.8) is 0 Å². The summed E-state index contributed by atoms with van der Waals surface area (Å²) in [6, 6.07) is 0.812. The molecule has 0 aromatic carbocycles. The molecule has 0 spiro atoms. The number of hydrogen-bond donors (Lipinski definition) is 3. The molecule has 1 rings (SSSR count). The van der Waals surface area contributed by atoms with Crippen LogP contribution in [-0.4, -0.2) is 16.1 Å². The van der Waals surface area contributed by atoms with Crippen molar-refractivity contribution in [1.29, 1.82) is 0 Å². The van der Waals surface area contributed by atoms with Crippen molar-refractivity contribution in [3.05, 3.63) is 27.5 Å². The van der Waals surface area contributed by atoms with E-state index >= 15 is 0 Å². The van der Waals surface area contributed by atoms with Crippen LogP contribution in [0.2, 0.25) is 0 Å². The second-order valence-corrected chi connectivity index (χ2v) is 2.86. The lowest BCUT2D eigenvalue weighted by atomic mass is 10.1. The molecule has 15 heavy (non-hydrogen) atoms. The number of carboxylic acids is 1. The van der Waals surface area contributed by atoms with E-state index in [-0.39, 0.29) is 5.56 Å². The van der Waals surface area contributed by atoms with E-state index in [1.54, 1.807) is 0 Å². The van der Waals surface area contributed by atoms with Gasteiger partial charge in [0.15, 0.2) is 0 Å². The summed E-state index contributed by atoms with van der Waals surface area (Å²) < 4.78 is 24.7. The zero-order valence-electron chi connectivity index (χ0n) is 7.46. The maximum Gasteiger partial charge on any atom is 0.308 e. The lowest BCUT2D eigenvalue weighted by molar-refractivity contribution is -0.136. The van der Waals surface area contributed by atoms with E-state index in [1.807, 2.05) is 4.98 Å². The molecule has 1 aromatic rings. The number of pyridine rings is 1. The number of halogens is 2. The fourth-order valence-electron chi connectivity index (χ4n) is 1.08. The van der Waals surface area contributed by atoms with E-state index in [0.29, 0.717) is 0 Å². The predicted octanol–water partition coefficient (Wildman–Crippen LogP) is 0.522. The Balaban J connectivity index is 3.23. The zero-order chi connectivity index (χ0) is 11.6. The number of carboxylic acid groups (broad SMARTS) is 1. The Kier molecular flexibility index (Phi) is 3.03. The topological polar surface area (TPSA) is 96.2 Å². The minimum Gasteiger partial charge on any atom is -0.481 e. The molecule has 1 aromatic heterocycles. The molecule has 0 saturated heterocycles. The second kappa shape index (κ2) is 4.07. The number of nitrogen functional groups attached to an aromatic ring is 1. The number of carbonyl (C=O) groups is 1. The molecule has 0 amide bonds. The van der Waals surface area contributed by atoms with Crippen molar-refractivity contribution in [2.45, 2.75) is 12.8 Å². The standard InChI is InChI=1S/C8H8F2N2O3/c9-6(10)4-1-3(2-5(13)14)8(15)12-7(4)11/h1,6H,2H2,(H,13,14)(H3,11,12,15). The van der Waals surface area contributed by atoms with E-state index in [2.05, 4.69) is 0 Å². The third-order valence-corrected chi connectivity index (χ3v) is 1.76. The van der Waals surface area contributed by atoms with Crippen molar-refractivity contribution in [3.8, 4) is 0 Å². The van der Waals surface area contributed by atoms with Crippen LogP contribution in [0, 0.1) is 0 Å². The quantitative estimate of drug-likeness (QED) is 0.689. The van der Waals surface area contributed by atoms with Crippen molar-refractivity contribution in [1.82, 2.24) is 4.98 Å². The normalized spacial score (nSPS) is 10.6. The van der Waals surface area contributed by atoms with Gasteiger partial charge in [0, 0.05) is 5.56 Å². The first-order valence-electron chi connectivity index (χ1n) is 3.93. The predicted molar refractivity (Wildman–Crippen MR) is 47.8 cm³/mol. The van der Waals surface area contributed by atoms with Gasteiger partial charge in [0.25, 0.3) is 12.0 Å². The van der Waals surface area contributed by atoms with Crippen LogP contribution < -0.4 is 11.3 Å². The first-order valence-corrected chi connectivity index (χ1v) is 3.93. The fourth-order valence-corrected chi connectivity index (χ4v) is 1.08. The minimum absolute atomic E-state index is 0.244. The van der Waals surface area contributed by atoms with Crippen molar-refractivity contribution < 1.29 is 18.7 Å². The number of aliphatic carboxylic acids is 1. The molecule has 1 heterocycles. The average molecular weight is 218 g/mol. The number of hydrogen-bond acceptors (Lipinski definition) is 3. The molecule has 5 nitrogen and oxygen atoms in total. The Bertz CT molecular complexity index is 442. The van der Waals surface area contributed by atoms with Crippen LogP contribution in [0.15, 0.2) is 10.9 Å². The van der Waals surface area contributed by atoms with E-state index in [1.165, 1.54) is 0 Å². The molecule has 0 bridgehead atoms. The van der Waals surface area contributed by atoms with Gasteiger partial charge >= 0.3 is 5.97 Å². The van der Waals surface area contributed by atoms with Crippen molar-refractivity contribution in [2.24, 2.45) is 0 Å². The number of nitrogens with two attached hydrogens (primary N) is 1. The molecular weight excluding hydrogens is 210 g/mol. The fraction of sp³-hybridized carbons (Fsp3) is 0.250. The molecule has 0 unspecified atom stereocenters. The van der Waals surface area contributed by atoms with E-state index in [0.717, 1.165) is 6.07 Å². The second-order valence-electron chi connectivity index (χ2n) is 2.86. The number of aromatic amines is 1. The van der Waals surface area contributed by atoms with E-state index in [4.69, 9.17) is 10.8 Å². The number of aromatic nitrogens is 1. The smallest absolute Gasteiger partial charge is 0.308 e. The Morgan fingerprint density at radius 2 is 2.20 bits per heavy atom. The molecule has 0 aliphatic rings. The third-order valence-electron chi connectivity index (χ3n) is 1.76. The molecule has 82 valence electrons.